The molecule has 0 aliphatic carbocycles. The molecule has 0 saturated heterocycles. The van der Waals surface area contributed by atoms with Crippen molar-refractivity contribution in [3.05, 3.63) is 83.6 Å². The van der Waals surface area contributed by atoms with Crippen LogP contribution in [0.5, 0.6) is 0 Å². The van der Waals surface area contributed by atoms with Gasteiger partial charge >= 0.3 is 5.97 Å². The molecule has 4 aromatic rings. The molecule has 1 amide bonds. The molecule has 3 N–H and O–H groups in total. The van der Waals surface area contributed by atoms with Crippen LogP contribution in [0.25, 0.3) is 22.1 Å². The molecular weight excluding hydrogens is 425 g/mol. The van der Waals surface area contributed by atoms with Gasteiger partial charge in [-0.2, -0.15) is 0 Å². The Morgan fingerprint density at radius 1 is 1.18 bits per heavy atom. The summed E-state index contributed by atoms with van der Waals surface area (Å²) in [4.78, 5) is 29.2. The van der Waals surface area contributed by atoms with Crippen molar-refractivity contribution in [3.63, 3.8) is 0 Å². The van der Waals surface area contributed by atoms with Crippen molar-refractivity contribution in [1.29, 1.82) is 0 Å². The van der Waals surface area contributed by atoms with Crippen LogP contribution in [0.3, 0.4) is 0 Å². The van der Waals surface area contributed by atoms with Crippen LogP contribution < -0.4 is 11.1 Å². The number of aromatic nitrogens is 1. The number of carbonyl (C=O) groups excluding carboxylic acids is 2. The molecule has 2 heterocycles. The van der Waals surface area contributed by atoms with Gasteiger partial charge in [-0.25, -0.2) is 4.39 Å². The van der Waals surface area contributed by atoms with Gasteiger partial charge in [0.2, 0.25) is 0 Å². The Morgan fingerprint density at radius 2 is 2.00 bits per heavy atom. The Hall–Kier alpha value is -4.04. The van der Waals surface area contributed by atoms with Gasteiger partial charge in [-0.05, 0) is 48.4 Å². The van der Waals surface area contributed by atoms with Crippen LogP contribution in [-0.4, -0.2) is 23.5 Å². The fourth-order valence-electron chi connectivity index (χ4n) is 3.60. The zero-order valence-electron chi connectivity index (χ0n) is 17.9. The molecule has 0 fully saturated rings. The highest BCUT2D eigenvalue weighted by Crippen LogP contribution is 2.34. The zero-order chi connectivity index (χ0) is 23.4. The van der Waals surface area contributed by atoms with E-state index in [4.69, 9.17) is 14.9 Å². The Morgan fingerprint density at radius 3 is 2.79 bits per heavy atom. The van der Waals surface area contributed by atoms with Crippen LogP contribution in [0.4, 0.5) is 10.1 Å². The maximum Gasteiger partial charge on any atom is 0.310 e. The number of carbonyl (C=O) groups is 2. The van der Waals surface area contributed by atoms with Gasteiger partial charge in [0.1, 0.15) is 11.4 Å². The number of benzene rings is 2. The lowest BCUT2D eigenvalue weighted by Gasteiger charge is -2.13. The first-order valence-electron chi connectivity index (χ1n) is 10.4. The number of furan rings is 1. The Labute approximate surface area is 189 Å². The van der Waals surface area contributed by atoms with Crippen LogP contribution in [-0.2, 0) is 22.5 Å². The van der Waals surface area contributed by atoms with Gasteiger partial charge in [-0.3, -0.25) is 14.6 Å². The van der Waals surface area contributed by atoms with E-state index in [2.05, 4.69) is 10.3 Å². The average molecular weight is 447 g/mol. The first-order chi connectivity index (χ1) is 16.0. The van der Waals surface area contributed by atoms with Gasteiger partial charge in [0, 0.05) is 24.0 Å². The second-order valence-electron chi connectivity index (χ2n) is 7.28. The molecule has 0 unspecified atom stereocenters. The Kier molecular flexibility index (Phi) is 6.46. The van der Waals surface area contributed by atoms with Crippen molar-refractivity contribution in [2.45, 2.75) is 19.9 Å². The normalized spacial score (nSPS) is 10.9. The maximum absolute atomic E-state index is 15.3. The average Bonchev–Trinajstić information content (AvgIpc) is 3.31. The molecule has 4 rings (SSSR count). The quantitative estimate of drug-likeness (QED) is 0.405. The summed E-state index contributed by atoms with van der Waals surface area (Å²) in [6.07, 6.45) is 2.96. The lowest BCUT2D eigenvalue weighted by atomic mass is 9.99. The number of para-hydroxylation sites is 1. The van der Waals surface area contributed by atoms with Crippen LogP contribution in [0.1, 0.15) is 28.5 Å². The maximum atomic E-state index is 15.3. The van der Waals surface area contributed by atoms with Gasteiger partial charge in [0.15, 0.2) is 0 Å². The number of rotatable bonds is 7. The number of halogens is 1. The van der Waals surface area contributed by atoms with Gasteiger partial charge in [-0.15, -0.1) is 0 Å². The van der Waals surface area contributed by atoms with E-state index < -0.39 is 17.7 Å². The molecule has 0 radical (unpaired) electrons. The highest BCUT2D eigenvalue weighted by atomic mass is 19.1. The van der Waals surface area contributed by atoms with Crippen molar-refractivity contribution >= 4 is 28.5 Å². The third kappa shape index (κ3) is 4.61. The number of anilines is 1. The number of hydrogen-bond acceptors (Lipinski definition) is 6. The van der Waals surface area contributed by atoms with E-state index in [1.165, 1.54) is 18.4 Å². The fourth-order valence-corrected chi connectivity index (χ4v) is 3.60. The third-order valence-corrected chi connectivity index (χ3v) is 5.16. The lowest BCUT2D eigenvalue weighted by molar-refractivity contribution is -0.142. The van der Waals surface area contributed by atoms with Crippen molar-refractivity contribution in [3.8, 4) is 11.1 Å². The molecule has 2 aromatic carbocycles. The molecule has 168 valence electrons. The van der Waals surface area contributed by atoms with E-state index in [0.29, 0.717) is 33.7 Å². The van der Waals surface area contributed by atoms with Gasteiger partial charge in [0.05, 0.1) is 35.9 Å². The van der Waals surface area contributed by atoms with Crippen LogP contribution in [0.2, 0.25) is 0 Å². The lowest BCUT2D eigenvalue weighted by Crippen LogP contribution is -2.17. The second kappa shape index (κ2) is 9.62. The first-order valence-corrected chi connectivity index (χ1v) is 10.4. The van der Waals surface area contributed by atoms with Gasteiger partial charge in [0.25, 0.3) is 5.91 Å². The highest BCUT2D eigenvalue weighted by Gasteiger charge is 2.22. The predicted octanol–water partition coefficient (Wildman–Crippen LogP) is 4.45. The number of nitrogens with two attached hydrogens (primary N) is 1. The van der Waals surface area contributed by atoms with Gasteiger partial charge < -0.3 is 20.2 Å². The minimum atomic E-state index is -0.698. The standard InChI is InChI=1S/C25H22FN3O4/c1-2-32-22(30)12-16-5-3-4-6-21(16)29-25(31)20-13-19(15-7-9-28-17(11-15)14-27)24-18(23(20)26)8-10-33-24/h3-11,13H,2,12,14,27H2,1H3,(H,29,31). The van der Waals surface area contributed by atoms with Crippen molar-refractivity contribution in [1.82, 2.24) is 4.98 Å². The molecule has 0 aliphatic rings. The molecule has 0 saturated carbocycles. The Bertz CT molecular complexity index is 1330. The van der Waals surface area contributed by atoms with Gasteiger partial charge in [-0.1, -0.05) is 18.2 Å². The van der Waals surface area contributed by atoms with E-state index in [9.17, 15) is 9.59 Å². The third-order valence-electron chi connectivity index (χ3n) is 5.16. The molecular formula is C25H22FN3O4. The molecule has 0 aliphatic heterocycles. The van der Waals surface area contributed by atoms with Crippen LogP contribution in [0.15, 0.2) is 65.4 Å². The summed E-state index contributed by atoms with van der Waals surface area (Å²) in [7, 11) is 0. The fraction of sp³-hybridized carbons (Fsp3) is 0.160. The predicted molar refractivity (Wildman–Crippen MR) is 122 cm³/mol. The van der Waals surface area contributed by atoms with E-state index in [0.717, 1.165) is 0 Å². The molecule has 0 atom stereocenters. The monoisotopic (exact) mass is 447 g/mol. The summed E-state index contributed by atoms with van der Waals surface area (Å²) >= 11 is 0. The summed E-state index contributed by atoms with van der Waals surface area (Å²) in [5, 5.41) is 2.91. The summed E-state index contributed by atoms with van der Waals surface area (Å²) < 4.78 is 25.8. The molecule has 7 nitrogen and oxygen atoms in total. The summed E-state index contributed by atoms with van der Waals surface area (Å²) in [5.74, 6) is -1.77. The second-order valence-corrected chi connectivity index (χ2v) is 7.28. The zero-order valence-corrected chi connectivity index (χ0v) is 17.9. The Balaban J connectivity index is 1.73. The molecule has 0 bridgehead atoms. The molecule has 33 heavy (non-hydrogen) atoms. The van der Waals surface area contributed by atoms with Crippen molar-refractivity contribution in [2.24, 2.45) is 5.73 Å². The summed E-state index contributed by atoms with van der Waals surface area (Å²) in [5.41, 5.74) is 8.72. The summed E-state index contributed by atoms with van der Waals surface area (Å²) in [6.45, 7) is 2.21. The number of nitrogens with one attached hydrogen (secondary N) is 1. The van der Waals surface area contributed by atoms with Crippen LogP contribution in [0, 0.1) is 5.82 Å². The number of pyridine rings is 1. The van der Waals surface area contributed by atoms with Crippen molar-refractivity contribution < 1.29 is 23.1 Å². The SMILES string of the molecule is CCOC(=O)Cc1ccccc1NC(=O)c1cc(-c2ccnc(CN)c2)c2occc2c1F. The molecule has 0 spiro atoms. The number of nitrogens with zero attached hydrogens (tertiary/aromatic N) is 1. The van der Waals surface area contributed by atoms with E-state index in [1.807, 2.05) is 0 Å². The molecule has 8 heteroatoms. The van der Waals surface area contributed by atoms with E-state index in [-0.39, 0.29) is 30.5 Å². The minimum absolute atomic E-state index is 0.0162. The van der Waals surface area contributed by atoms with Crippen molar-refractivity contribution in [2.75, 3.05) is 11.9 Å². The number of esters is 1. The summed E-state index contributed by atoms with van der Waals surface area (Å²) in [6, 6.07) is 13.3. The first kappa shape index (κ1) is 22.2. The van der Waals surface area contributed by atoms with Crippen LogP contribution >= 0.6 is 0 Å². The smallest absolute Gasteiger partial charge is 0.310 e. The molecule has 2 aromatic heterocycles. The number of ether oxygens (including phenoxy) is 1. The number of fused-ring (bicyclic) bond motifs is 1. The number of hydrogen-bond donors (Lipinski definition) is 2. The minimum Gasteiger partial charge on any atom is -0.466 e. The topological polar surface area (TPSA) is 107 Å². The number of amides is 1. The largest absolute Gasteiger partial charge is 0.466 e. The highest BCUT2D eigenvalue weighted by molar-refractivity contribution is 6.09. The van der Waals surface area contributed by atoms with E-state index in [1.54, 1.807) is 49.5 Å². The van der Waals surface area contributed by atoms with E-state index >= 15 is 4.39 Å².